The molecule has 0 saturated carbocycles. The Bertz CT molecular complexity index is 204. The molecule has 0 aromatic carbocycles. The molecule has 1 fully saturated rings. The number of ether oxygens (including phenoxy) is 2. The molecule has 4 heteroatoms. The van der Waals surface area contributed by atoms with Crippen LogP contribution in [-0.2, 0) is 9.47 Å². The Kier molecular flexibility index (Phi) is 6.41. The number of nitrogens with zero attached hydrogens (tertiary/aromatic N) is 1. The highest BCUT2D eigenvalue weighted by atomic mass is 16.5. The molecular formula is C13H28N2O2. The van der Waals surface area contributed by atoms with Crippen molar-refractivity contribution in [3.63, 3.8) is 0 Å². The number of morpholine rings is 1. The highest BCUT2D eigenvalue weighted by Gasteiger charge is 2.28. The Morgan fingerprint density at radius 2 is 2.00 bits per heavy atom. The molecule has 0 aromatic heterocycles. The van der Waals surface area contributed by atoms with Crippen LogP contribution in [0, 0.1) is 0 Å². The molecule has 1 unspecified atom stereocenters. The third-order valence-corrected chi connectivity index (χ3v) is 3.55. The maximum absolute atomic E-state index is 5.40. The van der Waals surface area contributed by atoms with Crippen molar-refractivity contribution >= 4 is 0 Å². The molecule has 0 amide bonds. The molecule has 0 spiro atoms. The van der Waals surface area contributed by atoms with Gasteiger partial charge in [-0.05, 0) is 20.3 Å². The summed E-state index contributed by atoms with van der Waals surface area (Å²) in [6, 6.07) is 0.459. The van der Waals surface area contributed by atoms with E-state index < -0.39 is 0 Å². The zero-order valence-corrected chi connectivity index (χ0v) is 11.8. The lowest BCUT2D eigenvalue weighted by molar-refractivity contribution is -0.0111. The molecule has 0 radical (unpaired) electrons. The van der Waals surface area contributed by atoms with Crippen molar-refractivity contribution in [3.05, 3.63) is 0 Å². The first kappa shape index (κ1) is 14.9. The van der Waals surface area contributed by atoms with E-state index in [0.717, 1.165) is 45.9 Å². The Hall–Kier alpha value is -0.160. The van der Waals surface area contributed by atoms with Gasteiger partial charge in [0.25, 0.3) is 0 Å². The van der Waals surface area contributed by atoms with E-state index in [1.54, 1.807) is 7.11 Å². The number of rotatable bonds is 7. The predicted molar refractivity (Wildman–Crippen MR) is 70.4 cm³/mol. The monoisotopic (exact) mass is 244 g/mol. The second-order valence-electron chi connectivity index (χ2n) is 5.35. The molecule has 1 N–H and O–H groups in total. The van der Waals surface area contributed by atoms with Gasteiger partial charge in [-0.25, -0.2) is 0 Å². The fraction of sp³-hybridized carbons (Fsp3) is 1.00. The lowest BCUT2D eigenvalue weighted by Gasteiger charge is -2.41. The summed E-state index contributed by atoms with van der Waals surface area (Å²) in [4.78, 5) is 2.50. The van der Waals surface area contributed by atoms with Crippen LogP contribution in [0.5, 0.6) is 0 Å². The minimum atomic E-state index is 0.185. The SMILES string of the molecule is CCC(COC)NCC(C)(C)N1CCOCC1. The van der Waals surface area contributed by atoms with E-state index in [2.05, 4.69) is 31.0 Å². The molecule has 1 aliphatic heterocycles. The number of hydrogen-bond acceptors (Lipinski definition) is 4. The maximum atomic E-state index is 5.40. The molecule has 0 aromatic rings. The van der Waals surface area contributed by atoms with Gasteiger partial charge in [0.2, 0.25) is 0 Å². The zero-order chi connectivity index (χ0) is 12.7. The number of nitrogens with one attached hydrogen (secondary N) is 1. The van der Waals surface area contributed by atoms with Crippen LogP contribution in [0.25, 0.3) is 0 Å². The van der Waals surface area contributed by atoms with E-state index in [1.807, 2.05) is 0 Å². The summed E-state index contributed by atoms with van der Waals surface area (Å²) in [7, 11) is 1.76. The van der Waals surface area contributed by atoms with Crippen LogP contribution in [-0.4, -0.2) is 63.0 Å². The van der Waals surface area contributed by atoms with E-state index in [9.17, 15) is 0 Å². The maximum Gasteiger partial charge on any atom is 0.0615 e. The van der Waals surface area contributed by atoms with E-state index in [0.29, 0.717) is 6.04 Å². The first-order chi connectivity index (χ1) is 8.10. The van der Waals surface area contributed by atoms with Crippen molar-refractivity contribution in [3.8, 4) is 0 Å². The minimum Gasteiger partial charge on any atom is -0.383 e. The van der Waals surface area contributed by atoms with E-state index >= 15 is 0 Å². The van der Waals surface area contributed by atoms with E-state index in [-0.39, 0.29) is 5.54 Å². The molecular weight excluding hydrogens is 216 g/mol. The molecule has 1 rings (SSSR count). The van der Waals surface area contributed by atoms with Gasteiger partial charge in [-0.3, -0.25) is 4.90 Å². The van der Waals surface area contributed by atoms with Gasteiger partial charge in [-0.15, -0.1) is 0 Å². The van der Waals surface area contributed by atoms with Crippen LogP contribution < -0.4 is 5.32 Å². The van der Waals surface area contributed by atoms with Crippen LogP contribution in [0.15, 0.2) is 0 Å². The molecule has 1 saturated heterocycles. The zero-order valence-electron chi connectivity index (χ0n) is 11.8. The van der Waals surface area contributed by atoms with Crippen LogP contribution >= 0.6 is 0 Å². The lowest BCUT2D eigenvalue weighted by atomic mass is 10.0. The highest BCUT2D eigenvalue weighted by molar-refractivity contribution is 4.86. The molecule has 1 heterocycles. The third-order valence-electron chi connectivity index (χ3n) is 3.55. The Labute approximate surface area is 106 Å². The van der Waals surface area contributed by atoms with Crippen molar-refractivity contribution in [1.29, 1.82) is 0 Å². The van der Waals surface area contributed by atoms with Gasteiger partial charge in [0.15, 0.2) is 0 Å². The largest absolute Gasteiger partial charge is 0.383 e. The second kappa shape index (κ2) is 7.31. The number of methoxy groups -OCH3 is 1. The van der Waals surface area contributed by atoms with Gasteiger partial charge in [-0.1, -0.05) is 6.92 Å². The summed E-state index contributed by atoms with van der Waals surface area (Å²) in [5.74, 6) is 0. The first-order valence-corrected chi connectivity index (χ1v) is 6.65. The normalized spacial score (nSPS) is 20.5. The number of hydrogen-bond donors (Lipinski definition) is 1. The van der Waals surface area contributed by atoms with Gasteiger partial charge >= 0.3 is 0 Å². The standard InChI is InChI=1S/C13H28N2O2/c1-5-12(10-16-4)14-11-13(2,3)15-6-8-17-9-7-15/h12,14H,5-11H2,1-4H3. The Balaban J connectivity index is 2.36. The van der Waals surface area contributed by atoms with Crippen LogP contribution in [0.2, 0.25) is 0 Å². The topological polar surface area (TPSA) is 33.7 Å². The van der Waals surface area contributed by atoms with Gasteiger partial charge in [0.05, 0.1) is 19.8 Å². The highest BCUT2D eigenvalue weighted by Crippen LogP contribution is 2.15. The van der Waals surface area contributed by atoms with E-state index in [1.165, 1.54) is 0 Å². The molecule has 0 aliphatic carbocycles. The molecule has 102 valence electrons. The van der Waals surface area contributed by atoms with E-state index in [4.69, 9.17) is 9.47 Å². The average Bonchev–Trinajstić information content (AvgIpc) is 2.35. The Morgan fingerprint density at radius 3 is 2.53 bits per heavy atom. The smallest absolute Gasteiger partial charge is 0.0615 e. The summed E-state index contributed by atoms with van der Waals surface area (Å²) < 4.78 is 10.6. The minimum absolute atomic E-state index is 0.185. The Morgan fingerprint density at radius 1 is 1.35 bits per heavy atom. The summed E-state index contributed by atoms with van der Waals surface area (Å²) in [6.07, 6.45) is 1.10. The van der Waals surface area contributed by atoms with Crippen LogP contribution in [0.1, 0.15) is 27.2 Å². The average molecular weight is 244 g/mol. The molecule has 1 atom stereocenters. The molecule has 4 nitrogen and oxygen atoms in total. The van der Waals surface area contributed by atoms with Crippen LogP contribution in [0.3, 0.4) is 0 Å². The van der Waals surface area contributed by atoms with Crippen molar-refractivity contribution in [2.75, 3.05) is 46.6 Å². The molecule has 1 aliphatic rings. The predicted octanol–water partition coefficient (Wildman–Crippen LogP) is 1.11. The van der Waals surface area contributed by atoms with Gasteiger partial charge < -0.3 is 14.8 Å². The van der Waals surface area contributed by atoms with Gasteiger partial charge in [0.1, 0.15) is 0 Å². The molecule has 17 heavy (non-hydrogen) atoms. The second-order valence-corrected chi connectivity index (χ2v) is 5.35. The van der Waals surface area contributed by atoms with Crippen molar-refractivity contribution in [1.82, 2.24) is 10.2 Å². The van der Waals surface area contributed by atoms with Crippen LogP contribution in [0.4, 0.5) is 0 Å². The summed E-state index contributed by atoms with van der Waals surface area (Å²) in [5, 5.41) is 3.60. The first-order valence-electron chi connectivity index (χ1n) is 6.65. The fourth-order valence-corrected chi connectivity index (χ4v) is 2.20. The fourth-order valence-electron chi connectivity index (χ4n) is 2.20. The summed E-state index contributed by atoms with van der Waals surface area (Å²) in [5.41, 5.74) is 0.185. The third kappa shape index (κ3) is 4.92. The summed E-state index contributed by atoms with van der Waals surface area (Å²) in [6.45, 7) is 12.4. The van der Waals surface area contributed by atoms with Crippen molar-refractivity contribution in [2.24, 2.45) is 0 Å². The van der Waals surface area contributed by atoms with Crippen molar-refractivity contribution in [2.45, 2.75) is 38.8 Å². The quantitative estimate of drug-likeness (QED) is 0.727. The van der Waals surface area contributed by atoms with Crippen molar-refractivity contribution < 1.29 is 9.47 Å². The summed E-state index contributed by atoms with van der Waals surface area (Å²) >= 11 is 0. The molecule has 0 bridgehead atoms. The van der Waals surface area contributed by atoms with Gasteiger partial charge in [-0.2, -0.15) is 0 Å². The lowest BCUT2D eigenvalue weighted by Crippen LogP contribution is -2.56. The van der Waals surface area contributed by atoms with Gasteiger partial charge in [0, 0.05) is 38.3 Å².